The summed E-state index contributed by atoms with van der Waals surface area (Å²) in [5, 5.41) is 13.2. The summed E-state index contributed by atoms with van der Waals surface area (Å²) in [6, 6.07) is 0.613. The van der Waals surface area contributed by atoms with Crippen LogP contribution in [-0.4, -0.2) is 23.8 Å². The number of aliphatic hydroxyl groups is 1. The molecular weight excluding hydrogens is 186 g/mol. The molecule has 1 fully saturated rings. The van der Waals surface area contributed by atoms with E-state index in [4.69, 9.17) is 0 Å². The van der Waals surface area contributed by atoms with Gasteiger partial charge >= 0.3 is 0 Å². The van der Waals surface area contributed by atoms with Gasteiger partial charge in [-0.2, -0.15) is 0 Å². The monoisotopic (exact) mass is 213 g/mol. The lowest BCUT2D eigenvalue weighted by Gasteiger charge is -2.36. The Morgan fingerprint density at radius 2 is 2.07 bits per heavy atom. The van der Waals surface area contributed by atoms with E-state index in [0.29, 0.717) is 17.4 Å². The van der Waals surface area contributed by atoms with Crippen molar-refractivity contribution in [3.8, 4) is 0 Å². The fourth-order valence-corrected chi connectivity index (χ4v) is 2.40. The third kappa shape index (κ3) is 4.52. The first kappa shape index (κ1) is 13.0. The molecule has 0 aromatic carbocycles. The Morgan fingerprint density at radius 3 is 2.60 bits per heavy atom. The number of aliphatic hydroxyl groups excluding tert-OH is 1. The van der Waals surface area contributed by atoms with Gasteiger partial charge in [-0.25, -0.2) is 0 Å². The lowest BCUT2D eigenvalue weighted by Crippen LogP contribution is -2.41. The molecule has 2 atom stereocenters. The molecule has 0 saturated heterocycles. The van der Waals surface area contributed by atoms with Crippen molar-refractivity contribution in [2.75, 3.05) is 6.54 Å². The molecule has 1 aliphatic carbocycles. The van der Waals surface area contributed by atoms with E-state index in [2.05, 4.69) is 33.0 Å². The van der Waals surface area contributed by atoms with E-state index in [1.54, 1.807) is 0 Å². The lowest BCUT2D eigenvalue weighted by atomic mass is 9.75. The second-order valence-electron chi connectivity index (χ2n) is 6.18. The maximum Gasteiger partial charge on any atom is 0.0687 e. The molecule has 0 spiro atoms. The smallest absolute Gasteiger partial charge is 0.0687 e. The van der Waals surface area contributed by atoms with Crippen molar-refractivity contribution >= 4 is 0 Å². The molecule has 2 N–H and O–H groups in total. The lowest BCUT2D eigenvalue weighted by molar-refractivity contribution is 0.110. The minimum atomic E-state index is -0.199. The van der Waals surface area contributed by atoms with Gasteiger partial charge in [0.2, 0.25) is 0 Å². The zero-order valence-corrected chi connectivity index (χ0v) is 10.7. The second-order valence-corrected chi connectivity index (χ2v) is 6.18. The minimum Gasteiger partial charge on any atom is -0.392 e. The summed E-state index contributed by atoms with van der Waals surface area (Å²) >= 11 is 0. The molecule has 2 unspecified atom stereocenters. The van der Waals surface area contributed by atoms with Gasteiger partial charge in [0.25, 0.3) is 0 Å². The first-order valence-electron chi connectivity index (χ1n) is 6.32. The van der Waals surface area contributed by atoms with Crippen LogP contribution in [0.5, 0.6) is 0 Å². The zero-order chi connectivity index (χ0) is 11.5. The molecule has 2 heteroatoms. The maximum absolute atomic E-state index is 9.72. The number of rotatable bonds is 4. The Balaban J connectivity index is 2.27. The highest BCUT2D eigenvalue weighted by Gasteiger charge is 2.27. The molecule has 0 radical (unpaired) electrons. The van der Waals surface area contributed by atoms with E-state index < -0.39 is 0 Å². The van der Waals surface area contributed by atoms with E-state index >= 15 is 0 Å². The van der Waals surface area contributed by atoms with Crippen molar-refractivity contribution in [3.05, 3.63) is 0 Å². The average Bonchev–Trinajstić information content (AvgIpc) is 2.12. The standard InChI is InChI=1S/C13H27NO/c1-10(2)12(15)9-14-11-6-5-7-13(3,4)8-11/h10-12,14-15H,5-9H2,1-4H3. The first-order chi connectivity index (χ1) is 6.91. The Hall–Kier alpha value is -0.0800. The van der Waals surface area contributed by atoms with Crippen LogP contribution in [-0.2, 0) is 0 Å². The fourth-order valence-electron chi connectivity index (χ4n) is 2.40. The van der Waals surface area contributed by atoms with Crippen molar-refractivity contribution in [2.24, 2.45) is 11.3 Å². The largest absolute Gasteiger partial charge is 0.392 e. The van der Waals surface area contributed by atoms with Crippen LogP contribution in [0, 0.1) is 11.3 Å². The molecule has 1 rings (SSSR count). The fraction of sp³-hybridized carbons (Fsp3) is 1.00. The van der Waals surface area contributed by atoms with Gasteiger partial charge in [-0.1, -0.05) is 34.1 Å². The van der Waals surface area contributed by atoms with Crippen molar-refractivity contribution < 1.29 is 5.11 Å². The molecule has 2 nitrogen and oxygen atoms in total. The highest BCUT2D eigenvalue weighted by molar-refractivity contribution is 4.84. The summed E-state index contributed by atoms with van der Waals surface area (Å²) in [5.74, 6) is 0.356. The van der Waals surface area contributed by atoms with Gasteiger partial charge in [-0.05, 0) is 30.6 Å². The number of nitrogens with one attached hydrogen (secondary N) is 1. The van der Waals surface area contributed by atoms with Gasteiger partial charge in [-0.15, -0.1) is 0 Å². The summed E-state index contributed by atoms with van der Waals surface area (Å²) in [7, 11) is 0. The van der Waals surface area contributed by atoms with Crippen LogP contribution in [0.1, 0.15) is 53.4 Å². The Kier molecular flexibility index (Phi) is 4.60. The third-order valence-corrected chi connectivity index (χ3v) is 3.59. The van der Waals surface area contributed by atoms with Gasteiger partial charge in [-0.3, -0.25) is 0 Å². The summed E-state index contributed by atoms with van der Waals surface area (Å²) in [5.41, 5.74) is 0.485. The van der Waals surface area contributed by atoms with Crippen LogP contribution in [0.2, 0.25) is 0 Å². The van der Waals surface area contributed by atoms with Crippen LogP contribution in [0.25, 0.3) is 0 Å². The molecule has 90 valence electrons. The summed E-state index contributed by atoms with van der Waals surface area (Å²) < 4.78 is 0. The van der Waals surface area contributed by atoms with Gasteiger partial charge in [0.05, 0.1) is 6.10 Å². The van der Waals surface area contributed by atoms with E-state index in [9.17, 15) is 5.11 Å². The van der Waals surface area contributed by atoms with E-state index in [-0.39, 0.29) is 6.10 Å². The second kappa shape index (κ2) is 5.31. The van der Waals surface area contributed by atoms with Crippen molar-refractivity contribution in [1.82, 2.24) is 5.32 Å². The Morgan fingerprint density at radius 1 is 1.40 bits per heavy atom. The van der Waals surface area contributed by atoms with Crippen LogP contribution >= 0.6 is 0 Å². The molecule has 0 aromatic heterocycles. The van der Waals surface area contributed by atoms with Crippen LogP contribution in [0.15, 0.2) is 0 Å². The van der Waals surface area contributed by atoms with E-state index in [1.807, 2.05) is 0 Å². The molecule has 1 saturated carbocycles. The summed E-state index contributed by atoms with van der Waals surface area (Å²) in [4.78, 5) is 0. The number of hydrogen-bond donors (Lipinski definition) is 2. The van der Waals surface area contributed by atoms with Crippen molar-refractivity contribution in [2.45, 2.75) is 65.5 Å². The maximum atomic E-state index is 9.72. The quantitative estimate of drug-likeness (QED) is 0.752. The molecule has 1 aliphatic rings. The SMILES string of the molecule is CC(C)C(O)CNC1CCCC(C)(C)C1. The van der Waals surface area contributed by atoms with Crippen LogP contribution < -0.4 is 5.32 Å². The molecule has 15 heavy (non-hydrogen) atoms. The van der Waals surface area contributed by atoms with Crippen molar-refractivity contribution in [1.29, 1.82) is 0 Å². The van der Waals surface area contributed by atoms with Gasteiger partial charge in [0.1, 0.15) is 0 Å². The Bertz CT molecular complexity index is 189. The Labute approximate surface area is 94.5 Å². The van der Waals surface area contributed by atoms with Gasteiger partial charge in [0.15, 0.2) is 0 Å². The molecule has 0 amide bonds. The molecule has 0 aromatic rings. The minimum absolute atomic E-state index is 0.199. The van der Waals surface area contributed by atoms with E-state index in [1.165, 1.54) is 25.7 Å². The molecule has 0 heterocycles. The number of hydrogen-bond acceptors (Lipinski definition) is 2. The summed E-state index contributed by atoms with van der Waals surface area (Å²) in [6.07, 6.45) is 4.99. The topological polar surface area (TPSA) is 32.3 Å². The first-order valence-corrected chi connectivity index (χ1v) is 6.32. The van der Waals surface area contributed by atoms with Crippen LogP contribution in [0.4, 0.5) is 0 Å². The van der Waals surface area contributed by atoms with Gasteiger partial charge < -0.3 is 10.4 Å². The highest BCUT2D eigenvalue weighted by atomic mass is 16.3. The molecular formula is C13H27NO. The average molecular weight is 213 g/mol. The predicted octanol–water partition coefficient (Wildman–Crippen LogP) is 2.56. The van der Waals surface area contributed by atoms with E-state index in [0.717, 1.165) is 6.54 Å². The van der Waals surface area contributed by atoms with Crippen LogP contribution in [0.3, 0.4) is 0 Å². The van der Waals surface area contributed by atoms with Gasteiger partial charge in [0, 0.05) is 12.6 Å². The predicted molar refractivity (Wildman–Crippen MR) is 64.9 cm³/mol. The molecule has 0 bridgehead atoms. The summed E-state index contributed by atoms with van der Waals surface area (Å²) in [6.45, 7) is 9.58. The van der Waals surface area contributed by atoms with Crippen molar-refractivity contribution in [3.63, 3.8) is 0 Å². The highest BCUT2D eigenvalue weighted by Crippen LogP contribution is 2.34. The third-order valence-electron chi connectivity index (χ3n) is 3.59. The normalized spacial score (nSPS) is 28.0. The molecule has 0 aliphatic heterocycles. The zero-order valence-electron chi connectivity index (χ0n) is 10.7.